The standard InChI is InChI=1S/C30H29ClN4O6/c1-32-28(37)25-15-19(14-21(34-25)13-18-6-4-7-20(31)12-18)27(36)33-11-5-10-26-40-16-22(17-41-26)35-29(38)23-8-2-3-9-24(23)30(35)39/h2-4,6-9,12,14-15,22,26H,5,10-11,13,16-17H2,1H3,(H,32,37)(H,33,36)/t22-,26-. The van der Waals surface area contributed by atoms with E-state index in [1.54, 1.807) is 36.4 Å². The Hall–Kier alpha value is -4.12. The molecule has 0 radical (unpaired) electrons. The predicted molar refractivity (Wildman–Crippen MR) is 150 cm³/mol. The number of ether oxygens (including phenoxy) is 2. The number of nitrogens with zero attached hydrogens (tertiary/aromatic N) is 2. The van der Waals surface area contributed by atoms with Gasteiger partial charge in [0, 0.05) is 42.7 Å². The summed E-state index contributed by atoms with van der Waals surface area (Å²) in [6.45, 7) is 0.708. The van der Waals surface area contributed by atoms with Gasteiger partial charge in [0.15, 0.2) is 6.29 Å². The lowest BCUT2D eigenvalue weighted by Crippen LogP contribution is -2.49. The SMILES string of the molecule is CNC(=O)c1cc(C(=O)NCCC[C@H]2OC[C@H](N3C(=O)c4ccccc4C3=O)CO2)cc(Cc2cccc(Cl)c2)n1. The molecule has 212 valence electrons. The number of carbonyl (C=O) groups excluding carboxylic acids is 4. The molecule has 0 bridgehead atoms. The Balaban J connectivity index is 1.12. The molecule has 0 spiro atoms. The summed E-state index contributed by atoms with van der Waals surface area (Å²) in [7, 11) is 1.50. The van der Waals surface area contributed by atoms with Crippen LogP contribution in [-0.4, -0.2) is 72.7 Å². The van der Waals surface area contributed by atoms with Crippen LogP contribution < -0.4 is 10.6 Å². The molecule has 2 N–H and O–H groups in total. The lowest BCUT2D eigenvalue weighted by atomic mass is 10.1. The topological polar surface area (TPSA) is 127 Å². The first-order chi connectivity index (χ1) is 19.8. The van der Waals surface area contributed by atoms with Crippen LogP contribution in [0.25, 0.3) is 0 Å². The van der Waals surface area contributed by atoms with E-state index in [-0.39, 0.29) is 36.6 Å². The van der Waals surface area contributed by atoms with Crippen molar-refractivity contribution in [2.75, 3.05) is 26.8 Å². The smallest absolute Gasteiger partial charge is 0.269 e. The van der Waals surface area contributed by atoms with Crippen LogP contribution >= 0.6 is 11.6 Å². The van der Waals surface area contributed by atoms with Crippen molar-refractivity contribution in [2.45, 2.75) is 31.6 Å². The molecule has 3 aromatic rings. The quantitative estimate of drug-likeness (QED) is 0.296. The highest BCUT2D eigenvalue weighted by atomic mass is 35.5. The molecule has 1 fully saturated rings. The van der Waals surface area contributed by atoms with Gasteiger partial charge in [0.25, 0.3) is 23.6 Å². The molecule has 3 heterocycles. The van der Waals surface area contributed by atoms with E-state index in [4.69, 9.17) is 21.1 Å². The summed E-state index contributed by atoms with van der Waals surface area (Å²) in [5, 5.41) is 6.00. The first-order valence-corrected chi connectivity index (χ1v) is 13.7. The summed E-state index contributed by atoms with van der Waals surface area (Å²) in [5.41, 5.74) is 2.73. The average Bonchev–Trinajstić information content (AvgIpc) is 3.24. The normalized spacial score (nSPS) is 18.2. The number of fused-ring (bicyclic) bond motifs is 1. The van der Waals surface area contributed by atoms with Crippen LogP contribution in [0.15, 0.2) is 60.7 Å². The Labute approximate surface area is 242 Å². The minimum atomic E-state index is -0.511. The number of halogens is 1. The Kier molecular flexibility index (Phi) is 8.72. The zero-order valence-electron chi connectivity index (χ0n) is 22.4. The van der Waals surface area contributed by atoms with Crippen molar-refractivity contribution >= 4 is 35.2 Å². The maximum absolute atomic E-state index is 12.9. The molecule has 5 rings (SSSR count). The van der Waals surface area contributed by atoms with E-state index in [1.165, 1.54) is 18.0 Å². The van der Waals surface area contributed by atoms with Gasteiger partial charge in [-0.05, 0) is 48.4 Å². The van der Waals surface area contributed by atoms with Crippen LogP contribution in [0.1, 0.15) is 65.7 Å². The molecular weight excluding hydrogens is 548 g/mol. The van der Waals surface area contributed by atoms with Gasteiger partial charge < -0.3 is 20.1 Å². The lowest BCUT2D eigenvalue weighted by Gasteiger charge is -2.33. The molecule has 4 amide bonds. The number of rotatable bonds is 9. The highest BCUT2D eigenvalue weighted by Crippen LogP contribution is 2.26. The molecule has 41 heavy (non-hydrogen) atoms. The summed E-state index contributed by atoms with van der Waals surface area (Å²) in [5.74, 6) is -1.40. The number of aromatic nitrogens is 1. The first-order valence-electron chi connectivity index (χ1n) is 13.3. The van der Waals surface area contributed by atoms with Crippen molar-refractivity contribution in [3.8, 4) is 0 Å². The van der Waals surface area contributed by atoms with E-state index in [2.05, 4.69) is 15.6 Å². The average molecular weight is 577 g/mol. The molecule has 1 aromatic heterocycles. The van der Waals surface area contributed by atoms with Crippen LogP contribution in [0, 0.1) is 0 Å². The number of pyridine rings is 1. The van der Waals surface area contributed by atoms with Crippen LogP contribution in [-0.2, 0) is 15.9 Å². The number of hydrogen-bond donors (Lipinski definition) is 2. The van der Waals surface area contributed by atoms with Crippen molar-refractivity contribution in [1.29, 1.82) is 0 Å². The molecule has 10 nitrogen and oxygen atoms in total. The third-order valence-corrected chi connectivity index (χ3v) is 7.15. The molecule has 2 aliphatic heterocycles. The Morgan fingerprint density at radius 1 is 0.976 bits per heavy atom. The summed E-state index contributed by atoms with van der Waals surface area (Å²) < 4.78 is 11.6. The van der Waals surface area contributed by atoms with Gasteiger partial charge in [-0.25, -0.2) is 4.98 Å². The summed E-state index contributed by atoms with van der Waals surface area (Å²) in [6, 6.07) is 16.7. The van der Waals surface area contributed by atoms with E-state index < -0.39 is 18.2 Å². The van der Waals surface area contributed by atoms with Gasteiger partial charge in [-0.1, -0.05) is 35.9 Å². The largest absolute Gasteiger partial charge is 0.354 e. The van der Waals surface area contributed by atoms with Crippen LogP contribution in [0.5, 0.6) is 0 Å². The highest BCUT2D eigenvalue weighted by molar-refractivity contribution is 6.30. The van der Waals surface area contributed by atoms with E-state index in [0.717, 1.165) is 5.56 Å². The number of amides is 4. The van der Waals surface area contributed by atoms with Crippen LogP contribution in [0.4, 0.5) is 0 Å². The molecule has 2 aromatic carbocycles. The lowest BCUT2D eigenvalue weighted by molar-refractivity contribution is -0.199. The fraction of sp³-hybridized carbons (Fsp3) is 0.300. The van der Waals surface area contributed by atoms with Crippen molar-refractivity contribution in [3.05, 3.63) is 99.3 Å². The molecule has 0 aliphatic carbocycles. The van der Waals surface area contributed by atoms with Crippen LogP contribution in [0.3, 0.4) is 0 Å². The van der Waals surface area contributed by atoms with Crippen molar-refractivity contribution in [2.24, 2.45) is 0 Å². The second-order valence-electron chi connectivity index (χ2n) is 9.79. The maximum atomic E-state index is 12.9. The van der Waals surface area contributed by atoms with E-state index in [9.17, 15) is 19.2 Å². The summed E-state index contributed by atoms with van der Waals surface area (Å²) in [4.78, 5) is 56.3. The number of carbonyl (C=O) groups is 4. The van der Waals surface area contributed by atoms with E-state index in [0.29, 0.717) is 53.2 Å². The van der Waals surface area contributed by atoms with Gasteiger partial charge >= 0.3 is 0 Å². The number of nitrogens with one attached hydrogen (secondary N) is 2. The van der Waals surface area contributed by atoms with Crippen LogP contribution in [0.2, 0.25) is 5.02 Å². The first kappa shape index (κ1) is 28.4. The van der Waals surface area contributed by atoms with Crippen molar-refractivity contribution in [1.82, 2.24) is 20.5 Å². The Bertz CT molecular complexity index is 1450. The van der Waals surface area contributed by atoms with E-state index >= 15 is 0 Å². The molecule has 11 heteroatoms. The summed E-state index contributed by atoms with van der Waals surface area (Å²) >= 11 is 6.09. The zero-order valence-corrected chi connectivity index (χ0v) is 23.1. The Morgan fingerprint density at radius 2 is 1.68 bits per heavy atom. The van der Waals surface area contributed by atoms with Gasteiger partial charge in [-0.15, -0.1) is 0 Å². The van der Waals surface area contributed by atoms with Crippen molar-refractivity contribution in [3.63, 3.8) is 0 Å². The second kappa shape index (κ2) is 12.6. The molecular formula is C30H29ClN4O6. The van der Waals surface area contributed by atoms with Gasteiger partial charge in [0.1, 0.15) is 5.69 Å². The summed E-state index contributed by atoms with van der Waals surface area (Å²) in [6.07, 6.45) is 0.971. The van der Waals surface area contributed by atoms with Crippen molar-refractivity contribution < 1.29 is 28.7 Å². The Morgan fingerprint density at radius 3 is 2.34 bits per heavy atom. The fourth-order valence-electron chi connectivity index (χ4n) is 4.87. The second-order valence-corrected chi connectivity index (χ2v) is 10.2. The maximum Gasteiger partial charge on any atom is 0.269 e. The monoisotopic (exact) mass is 576 g/mol. The highest BCUT2D eigenvalue weighted by Gasteiger charge is 2.41. The third kappa shape index (κ3) is 6.45. The molecule has 0 unspecified atom stereocenters. The molecule has 0 atom stereocenters. The minimum absolute atomic E-state index is 0.147. The zero-order chi connectivity index (χ0) is 28.9. The predicted octanol–water partition coefficient (Wildman–Crippen LogP) is 3.23. The number of hydrogen-bond acceptors (Lipinski definition) is 7. The van der Waals surface area contributed by atoms with E-state index in [1.807, 2.05) is 18.2 Å². The third-order valence-electron chi connectivity index (χ3n) is 6.92. The molecule has 1 saturated heterocycles. The minimum Gasteiger partial charge on any atom is -0.354 e. The fourth-order valence-corrected chi connectivity index (χ4v) is 5.08. The number of benzene rings is 2. The van der Waals surface area contributed by atoms with Gasteiger partial charge in [-0.3, -0.25) is 24.1 Å². The molecule has 2 aliphatic rings. The number of imide groups is 1. The van der Waals surface area contributed by atoms with Gasteiger partial charge in [0.2, 0.25) is 0 Å². The molecule has 0 saturated carbocycles. The van der Waals surface area contributed by atoms with Gasteiger partial charge in [-0.2, -0.15) is 0 Å². The van der Waals surface area contributed by atoms with Gasteiger partial charge in [0.05, 0.1) is 30.4 Å².